The molecule has 95 heavy (non-hydrogen) atoms. The van der Waals surface area contributed by atoms with Gasteiger partial charge in [0.15, 0.2) is 0 Å². The molecule has 484 valence electrons. The zero-order valence-corrected chi connectivity index (χ0v) is 59.0. The molecule has 0 unspecified atom stereocenters. The third-order valence-corrected chi connectivity index (χ3v) is 15.9. The van der Waals surface area contributed by atoms with Crippen LogP contribution in [0.5, 0.6) is 0 Å². The molecule has 8 heterocycles. The monoisotopic (exact) mass is 1600 g/mol. The van der Waals surface area contributed by atoms with Crippen molar-refractivity contribution >= 4 is 80.4 Å². The average molecular weight is 1600 g/mol. The molecular weight excluding hydrogens is 1530 g/mol. The van der Waals surface area contributed by atoms with Crippen molar-refractivity contribution in [2.75, 3.05) is 46.2 Å². The quantitative estimate of drug-likeness (QED) is 0.114. The number of anilines is 14. The van der Waals surface area contributed by atoms with E-state index in [0.29, 0.717) is 29.4 Å². The summed E-state index contributed by atoms with van der Waals surface area (Å²) in [7, 11) is 1.98. The molecular formula is C78H70Ir2N15-9. The molecule has 0 saturated heterocycles. The predicted molar refractivity (Wildman–Crippen MR) is 374 cm³/mol. The molecule has 0 saturated carbocycles. The maximum absolute atomic E-state index is 8.78. The second-order valence-corrected chi connectivity index (χ2v) is 23.5. The van der Waals surface area contributed by atoms with Crippen molar-refractivity contribution < 1.29 is 40.2 Å². The van der Waals surface area contributed by atoms with E-state index in [4.69, 9.17) is 10.2 Å². The number of nitrogens with zero attached hydrogens (tertiary/aromatic N) is 15. The minimum absolute atomic E-state index is 0. The Balaban J connectivity index is 0.000000141. The predicted octanol–water partition coefficient (Wildman–Crippen LogP) is 18.0. The van der Waals surface area contributed by atoms with Crippen LogP contribution in [0.25, 0.3) is 11.3 Å². The van der Waals surface area contributed by atoms with Crippen LogP contribution in [-0.2, 0) is 40.2 Å². The number of aromatic nitrogens is 6. The van der Waals surface area contributed by atoms with Gasteiger partial charge in [-0.15, -0.1) is 54.5 Å². The van der Waals surface area contributed by atoms with Crippen molar-refractivity contribution in [2.24, 2.45) is 0 Å². The van der Waals surface area contributed by atoms with Gasteiger partial charge in [-0.2, -0.15) is 146 Å². The fourth-order valence-corrected chi connectivity index (χ4v) is 11.2. The largest absolute Gasteiger partial charge is 0.502 e. The number of benzene rings is 7. The van der Waals surface area contributed by atoms with Crippen LogP contribution in [0.2, 0.25) is 0 Å². The van der Waals surface area contributed by atoms with E-state index in [2.05, 4.69) is 170 Å². The van der Waals surface area contributed by atoms with Gasteiger partial charge in [0, 0.05) is 99.9 Å². The second-order valence-electron chi connectivity index (χ2n) is 23.5. The van der Waals surface area contributed by atoms with Crippen LogP contribution in [-0.4, -0.2) is 43.0 Å². The minimum Gasteiger partial charge on any atom is -0.502 e. The van der Waals surface area contributed by atoms with Gasteiger partial charge in [-0.1, -0.05) is 77.4 Å². The van der Waals surface area contributed by atoms with Crippen LogP contribution < -0.4 is 39.2 Å². The number of pyridine rings is 2. The Bertz CT molecular complexity index is 4040. The topological polar surface area (TPSA) is 127 Å². The van der Waals surface area contributed by atoms with Crippen molar-refractivity contribution in [3.8, 4) is 17.3 Å². The van der Waals surface area contributed by atoms with Gasteiger partial charge in [-0.25, -0.2) is 35.2 Å². The van der Waals surface area contributed by atoms with Crippen molar-refractivity contribution in [3.63, 3.8) is 0 Å². The van der Waals surface area contributed by atoms with E-state index < -0.39 is 0 Å². The zero-order valence-electron chi connectivity index (χ0n) is 54.2. The molecule has 11 aromatic rings. The van der Waals surface area contributed by atoms with Crippen LogP contribution in [0.3, 0.4) is 0 Å². The first-order chi connectivity index (χ1) is 45.3. The molecule has 7 aromatic carbocycles. The maximum atomic E-state index is 8.78. The maximum Gasteiger partial charge on any atom is 0.145 e. The van der Waals surface area contributed by atoms with Crippen LogP contribution in [0, 0.1) is 68.3 Å². The van der Waals surface area contributed by atoms with Crippen LogP contribution >= 0.6 is 0 Å². The third-order valence-electron chi connectivity index (χ3n) is 15.9. The van der Waals surface area contributed by atoms with E-state index in [1.54, 1.807) is 43.1 Å². The third kappa shape index (κ3) is 14.8. The van der Waals surface area contributed by atoms with Crippen molar-refractivity contribution in [1.29, 1.82) is 5.26 Å². The Labute approximate surface area is 586 Å². The molecule has 15 rings (SSSR count). The summed E-state index contributed by atoms with van der Waals surface area (Å²) < 4.78 is 0. The molecule has 0 fully saturated rings. The molecule has 15 nitrogen and oxygen atoms in total. The first-order valence-corrected chi connectivity index (χ1v) is 31.1. The molecule has 0 N–H and O–H groups in total. The Kier molecular flexibility index (Phi) is 22.2. The van der Waals surface area contributed by atoms with Gasteiger partial charge in [-0.3, -0.25) is 0 Å². The number of rotatable bonds is 11. The van der Waals surface area contributed by atoms with E-state index in [1.807, 2.05) is 190 Å². The van der Waals surface area contributed by atoms with Gasteiger partial charge in [0.2, 0.25) is 0 Å². The SMILES string of the molecule is CC(C)c1cc(C(C)C)c(-c2ccc3c(n2)N(c2[c-]cccc2)[CH-]N3C(C)C)c(C(C)C)c1.CN1[CH-]N(c2[c-]cc(C#N)cc2)c2ncccc21.[Ir].[Ir].[c-]1ccccc1N1[CH-]N(c2[c-]cccc2)c2nccnc21.[c-]1ccccc1N1[CH-]N(c2ccccc2)c2nccnc21. The minimum atomic E-state index is 0. The fourth-order valence-electron chi connectivity index (χ4n) is 11.2. The number of nitriles is 1. The summed E-state index contributed by atoms with van der Waals surface area (Å²) >= 11 is 0. The summed E-state index contributed by atoms with van der Waals surface area (Å²) in [6.45, 7) is 26.2. The number of fused-ring (bicyclic) bond motifs is 4. The first-order valence-electron chi connectivity index (χ1n) is 31.1. The van der Waals surface area contributed by atoms with Gasteiger partial charge in [-0.05, 0) is 97.8 Å². The molecule has 4 aromatic heterocycles. The number of hydrogen-bond acceptors (Lipinski definition) is 15. The van der Waals surface area contributed by atoms with E-state index in [1.165, 1.54) is 22.3 Å². The summed E-state index contributed by atoms with van der Waals surface area (Å²) in [5.41, 5.74) is 15.1. The van der Waals surface area contributed by atoms with E-state index in [-0.39, 0.29) is 40.2 Å². The standard InChI is InChI=1S/C30H37N3.C17H12N4.C17H11N4.C14H10N4.2Ir/c1-19(2)23-16-25(20(3)4)29(26(17-23)21(5)6)27-14-15-28-30(31-27)33(18-32(28)22(7)8)24-12-10-9-11-13-24;2*1-3-7-14(8-4-1)20-13-21(15-9-5-2-6-10-15)17-16(20)18-11-12-19-17;1-17-10-18(14-13(17)3-2-8-16-14)12-6-4-11(9-15)5-7-12;;/h9-12,14-22H,1-8H3;1-9,11-13H;1-7,9,11-13H;2-6,8,10H,1H3;;/q2*-2;-3;-2;;. The molecule has 4 aliphatic rings. The summed E-state index contributed by atoms with van der Waals surface area (Å²) in [4.78, 5) is 43.9. The van der Waals surface area contributed by atoms with Crippen LogP contribution in [0.15, 0.2) is 213 Å². The molecule has 4 aliphatic heterocycles. The van der Waals surface area contributed by atoms with E-state index in [0.717, 1.165) is 86.1 Å². The van der Waals surface area contributed by atoms with Gasteiger partial charge < -0.3 is 39.2 Å². The second kappa shape index (κ2) is 31.0. The van der Waals surface area contributed by atoms with Crippen LogP contribution in [0.4, 0.5) is 80.4 Å². The summed E-state index contributed by atoms with van der Waals surface area (Å²) in [5, 5.41) is 8.78. The van der Waals surface area contributed by atoms with Crippen LogP contribution in [0.1, 0.15) is 95.4 Å². The average Bonchev–Trinajstić information content (AvgIpc) is 1.75. The van der Waals surface area contributed by atoms with Gasteiger partial charge >= 0.3 is 0 Å². The normalized spacial score (nSPS) is 13.2. The summed E-state index contributed by atoms with van der Waals surface area (Å²) in [5.74, 6) is 6.40. The molecule has 0 bridgehead atoms. The van der Waals surface area contributed by atoms with Crippen molar-refractivity contribution in [1.82, 2.24) is 29.9 Å². The Morgan fingerprint density at radius 3 is 1.31 bits per heavy atom. The smallest absolute Gasteiger partial charge is 0.145 e. The van der Waals surface area contributed by atoms with E-state index >= 15 is 0 Å². The van der Waals surface area contributed by atoms with Gasteiger partial charge in [0.25, 0.3) is 0 Å². The number of hydrogen-bond donors (Lipinski definition) is 0. The molecule has 0 spiro atoms. The Morgan fingerprint density at radius 1 is 0.411 bits per heavy atom. The van der Waals surface area contributed by atoms with Crippen molar-refractivity contribution in [3.05, 3.63) is 292 Å². The first kappa shape index (κ1) is 68.1. The zero-order chi connectivity index (χ0) is 64.5. The molecule has 17 heteroatoms. The van der Waals surface area contributed by atoms with E-state index in [9.17, 15) is 0 Å². The van der Waals surface area contributed by atoms with Gasteiger partial charge in [0.05, 0.1) is 5.69 Å². The van der Waals surface area contributed by atoms with Gasteiger partial charge in [0.1, 0.15) is 34.9 Å². The fraction of sp³-hybridized carbons (Fsp3) is 0.167. The molecule has 0 atom stereocenters. The Hall–Kier alpha value is -9.81. The molecule has 2 radical (unpaired) electrons. The Morgan fingerprint density at radius 2 is 0.863 bits per heavy atom. The molecule has 0 amide bonds. The summed E-state index contributed by atoms with van der Waals surface area (Å²) in [6.07, 6.45) is 8.57. The summed E-state index contributed by atoms with van der Waals surface area (Å²) in [6, 6.07) is 78.7. The molecule has 0 aliphatic carbocycles. The number of para-hydroxylation sites is 5. The van der Waals surface area contributed by atoms with Crippen molar-refractivity contribution in [2.45, 2.75) is 79.2 Å².